The molecule has 0 N–H and O–H groups in total. The monoisotopic (exact) mass is 779 g/mol. The third-order valence-electron chi connectivity index (χ3n) is 11.4. The van der Waals surface area contributed by atoms with E-state index in [9.17, 15) is 14.4 Å². The molecule has 55 heavy (non-hydrogen) atoms. The second-order valence-corrected chi connectivity index (χ2v) is 17.0. The lowest BCUT2D eigenvalue weighted by Gasteiger charge is -2.18. The van der Waals surface area contributed by atoms with E-state index in [1.165, 1.54) is 167 Å². The SMILES string of the molecule is CCCCCCCCCCCCCCCCC(=O)OC[C@H](COC(=O)CCCCCCCCCCC(C)CC)OC(=O)CCCCCCCCCCCCC. The van der Waals surface area contributed by atoms with Crippen molar-refractivity contribution in [2.24, 2.45) is 5.92 Å². The molecule has 6 nitrogen and oxygen atoms in total. The van der Waals surface area contributed by atoms with Gasteiger partial charge in [0.1, 0.15) is 13.2 Å². The van der Waals surface area contributed by atoms with Gasteiger partial charge in [-0.3, -0.25) is 14.4 Å². The molecule has 0 aliphatic carbocycles. The summed E-state index contributed by atoms with van der Waals surface area (Å²) in [7, 11) is 0. The first-order chi connectivity index (χ1) is 26.9. The van der Waals surface area contributed by atoms with Crippen LogP contribution in [0.4, 0.5) is 0 Å². The highest BCUT2D eigenvalue weighted by atomic mass is 16.6. The van der Waals surface area contributed by atoms with Gasteiger partial charge in [-0.2, -0.15) is 0 Å². The fourth-order valence-corrected chi connectivity index (χ4v) is 7.30. The van der Waals surface area contributed by atoms with Crippen LogP contribution in [0, 0.1) is 5.92 Å². The smallest absolute Gasteiger partial charge is 0.306 e. The molecule has 0 aliphatic rings. The largest absolute Gasteiger partial charge is 0.462 e. The van der Waals surface area contributed by atoms with E-state index < -0.39 is 6.10 Å². The van der Waals surface area contributed by atoms with Crippen LogP contribution in [0.2, 0.25) is 0 Å². The minimum absolute atomic E-state index is 0.0634. The molecule has 0 radical (unpaired) electrons. The zero-order valence-corrected chi connectivity index (χ0v) is 37.4. The van der Waals surface area contributed by atoms with Crippen molar-refractivity contribution < 1.29 is 28.6 Å². The summed E-state index contributed by atoms with van der Waals surface area (Å²) in [4.78, 5) is 37.8. The Kier molecular flexibility index (Phi) is 42.3. The van der Waals surface area contributed by atoms with Gasteiger partial charge in [-0.05, 0) is 25.2 Å². The molecule has 6 heteroatoms. The third kappa shape index (κ3) is 41.9. The zero-order valence-electron chi connectivity index (χ0n) is 37.4. The highest BCUT2D eigenvalue weighted by molar-refractivity contribution is 5.71. The molecule has 0 heterocycles. The normalized spacial score (nSPS) is 12.4. The third-order valence-corrected chi connectivity index (χ3v) is 11.4. The Bertz CT molecular complexity index is 828. The molecule has 2 atom stereocenters. The van der Waals surface area contributed by atoms with Gasteiger partial charge in [-0.15, -0.1) is 0 Å². The molecule has 0 aromatic heterocycles. The first-order valence-electron chi connectivity index (χ1n) is 24.4. The first kappa shape index (κ1) is 53.4. The van der Waals surface area contributed by atoms with Crippen molar-refractivity contribution >= 4 is 17.9 Å². The summed E-state index contributed by atoms with van der Waals surface area (Å²) in [6.07, 6.45) is 43.6. The maximum absolute atomic E-state index is 12.7. The van der Waals surface area contributed by atoms with Gasteiger partial charge in [0.05, 0.1) is 0 Å². The number of carbonyl (C=O) groups excluding carboxylic acids is 3. The van der Waals surface area contributed by atoms with Crippen molar-refractivity contribution in [3.8, 4) is 0 Å². The lowest BCUT2D eigenvalue weighted by Crippen LogP contribution is -2.30. The van der Waals surface area contributed by atoms with Gasteiger partial charge >= 0.3 is 17.9 Å². The van der Waals surface area contributed by atoms with Crippen LogP contribution >= 0.6 is 0 Å². The highest BCUT2D eigenvalue weighted by Gasteiger charge is 2.19. The maximum Gasteiger partial charge on any atom is 0.306 e. The maximum atomic E-state index is 12.7. The molecular weight excluding hydrogens is 685 g/mol. The van der Waals surface area contributed by atoms with Gasteiger partial charge < -0.3 is 14.2 Å². The summed E-state index contributed by atoms with van der Waals surface area (Å²) in [6, 6.07) is 0. The molecule has 0 fully saturated rings. The van der Waals surface area contributed by atoms with E-state index in [-0.39, 0.29) is 31.1 Å². The molecule has 0 bridgehead atoms. The van der Waals surface area contributed by atoms with Crippen LogP contribution in [0.3, 0.4) is 0 Å². The van der Waals surface area contributed by atoms with Gasteiger partial charge in [0.25, 0.3) is 0 Å². The highest BCUT2D eigenvalue weighted by Crippen LogP contribution is 2.17. The van der Waals surface area contributed by atoms with E-state index in [2.05, 4.69) is 27.7 Å². The van der Waals surface area contributed by atoms with E-state index in [1.54, 1.807) is 0 Å². The van der Waals surface area contributed by atoms with E-state index in [1.807, 2.05) is 0 Å². The Morgan fingerprint density at radius 3 is 0.945 bits per heavy atom. The van der Waals surface area contributed by atoms with Gasteiger partial charge in [0, 0.05) is 19.3 Å². The van der Waals surface area contributed by atoms with Crippen LogP contribution in [0.5, 0.6) is 0 Å². The molecule has 326 valence electrons. The van der Waals surface area contributed by atoms with Gasteiger partial charge in [0.2, 0.25) is 0 Å². The van der Waals surface area contributed by atoms with E-state index >= 15 is 0 Å². The molecular formula is C49H94O6. The molecule has 0 spiro atoms. The summed E-state index contributed by atoms with van der Waals surface area (Å²) < 4.78 is 16.8. The number of rotatable bonds is 44. The van der Waals surface area contributed by atoms with Crippen LogP contribution in [0.25, 0.3) is 0 Å². The minimum atomic E-state index is -0.759. The van der Waals surface area contributed by atoms with E-state index in [0.717, 1.165) is 63.7 Å². The molecule has 0 aromatic carbocycles. The Hall–Kier alpha value is -1.59. The number of ether oxygens (including phenoxy) is 3. The number of carbonyl (C=O) groups is 3. The first-order valence-corrected chi connectivity index (χ1v) is 24.4. The Morgan fingerprint density at radius 1 is 0.364 bits per heavy atom. The number of hydrogen-bond donors (Lipinski definition) is 0. The average molecular weight is 779 g/mol. The quantitative estimate of drug-likeness (QED) is 0.0348. The van der Waals surface area contributed by atoms with Gasteiger partial charge in [0.15, 0.2) is 6.10 Å². The van der Waals surface area contributed by atoms with Crippen LogP contribution in [0.15, 0.2) is 0 Å². The predicted octanol–water partition coefficient (Wildman–Crippen LogP) is 15.5. The predicted molar refractivity (Wildman–Crippen MR) is 233 cm³/mol. The lowest BCUT2D eigenvalue weighted by molar-refractivity contribution is -0.167. The molecule has 1 unspecified atom stereocenters. The topological polar surface area (TPSA) is 78.9 Å². The Morgan fingerprint density at radius 2 is 0.636 bits per heavy atom. The van der Waals surface area contributed by atoms with Crippen molar-refractivity contribution in [3.63, 3.8) is 0 Å². The summed E-state index contributed by atoms with van der Waals surface area (Å²) in [5.74, 6) is -0.00256. The van der Waals surface area contributed by atoms with Crippen molar-refractivity contribution in [2.45, 2.75) is 278 Å². The van der Waals surface area contributed by atoms with Gasteiger partial charge in [-0.25, -0.2) is 0 Å². The fraction of sp³-hybridized carbons (Fsp3) is 0.939. The average Bonchev–Trinajstić information content (AvgIpc) is 3.18. The van der Waals surface area contributed by atoms with Crippen LogP contribution in [-0.2, 0) is 28.6 Å². The van der Waals surface area contributed by atoms with E-state index in [4.69, 9.17) is 14.2 Å². The lowest BCUT2D eigenvalue weighted by atomic mass is 9.99. The zero-order chi connectivity index (χ0) is 40.3. The summed E-state index contributed by atoms with van der Waals surface area (Å²) in [5, 5.41) is 0. The summed E-state index contributed by atoms with van der Waals surface area (Å²) >= 11 is 0. The van der Waals surface area contributed by atoms with E-state index in [0.29, 0.717) is 19.3 Å². The molecule has 0 saturated carbocycles. The van der Waals surface area contributed by atoms with Crippen LogP contribution in [-0.4, -0.2) is 37.2 Å². The molecule has 0 saturated heterocycles. The number of hydrogen-bond acceptors (Lipinski definition) is 6. The second kappa shape index (κ2) is 43.5. The van der Waals surface area contributed by atoms with Crippen molar-refractivity contribution in [1.29, 1.82) is 0 Å². The molecule has 0 aliphatic heterocycles. The summed E-state index contributed by atoms with van der Waals surface area (Å²) in [6.45, 7) is 9.01. The number of unbranched alkanes of at least 4 members (excludes halogenated alkanes) is 30. The molecule has 0 rings (SSSR count). The Balaban J connectivity index is 4.32. The van der Waals surface area contributed by atoms with Crippen LogP contribution in [0.1, 0.15) is 272 Å². The second-order valence-electron chi connectivity index (χ2n) is 17.0. The fourth-order valence-electron chi connectivity index (χ4n) is 7.30. The standard InChI is InChI=1S/C49H94O6/c1-5-8-10-12-14-16-18-19-20-22-23-28-32-36-40-47(50)53-43-46(55-49(52)42-38-34-30-24-21-17-15-13-11-9-6-2)44-54-48(51)41-37-33-29-26-25-27-31-35-39-45(4)7-3/h45-46H,5-44H2,1-4H3/t45?,46-/m1/s1. The van der Waals surface area contributed by atoms with Crippen molar-refractivity contribution in [3.05, 3.63) is 0 Å². The van der Waals surface area contributed by atoms with Crippen molar-refractivity contribution in [2.75, 3.05) is 13.2 Å². The van der Waals surface area contributed by atoms with Crippen molar-refractivity contribution in [1.82, 2.24) is 0 Å². The molecule has 0 aromatic rings. The minimum Gasteiger partial charge on any atom is -0.462 e. The molecule has 0 amide bonds. The van der Waals surface area contributed by atoms with Gasteiger partial charge in [-0.1, -0.05) is 233 Å². The summed E-state index contributed by atoms with van der Waals surface area (Å²) in [5.41, 5.74) is 0. The Labute approximate surface area is 342 Å². The number of esters is 3. The van der Waals surface area contributed by atoms with Crippen LogP contribution < -0.4 is 0 Å².